The Balaban J connectivity index is 1.52. The van der Waals surface area contributed by atoms with Gasteiger partial charge in [-0.05, 0) is 41.6 Å². The van der Waals surface area contributed by atoms with E-state index in [4.69, 9.17) is 10.6 Å². The van der Waals surface area contributed by atoms with Gasteiger partial charge in [0.2, 0.25) is 0 Å². The summed E-state index contributed by atoms with van der Waals surface area (Å²) in [6, 6.07) is 7.49. The van der Waals surface area contributed by atoms with Crippen LogP contribution in [-0.4, -0.2) is 28.8 Å². The van der Waals surface area contributed by atoms with Gasteiger partial charge in [-0.1, -0.05) is 24.3 Å². The van der Waals surface area contributed by atoms with Crippen molar-refractivity contribution in [3.63, 3.8) is 0 Å². The molecule has 1 fully saturated rings. The summed E-state index contributed by atoms with van der Waals surface area (Å²) in [5, 5.41) is 3.54. The molecule has 3 rings (SSSR count). The lowest BCUT2D eigenvalue weighted by Crippen LogP contribution is -2.37. The zero-order valence-corrected chi connectivity index (χ0v) is 13.7. The number of thioether (sulfide) groups is 1. The molecule has 0 saturated carbocycles. The summed E-state index contributed by atoms with van der Waals surface area (Å²) in [7, 11) is 0. The number of rotatable bonds is 5. The highest BCUT2D eigenvalue weighted by molar-refractivity contribution is 8.18. The van der Waals surface area contributed by atoms with Crippen molar-refractivity contribution >= 4 is 29.0 Å². The third-order valence-corrected chi connectivity index (χ3v) is 4.40. The molecule has 2 amide bonds. The van der Waals surface area contributed by atoms with Crippen molar-refractivity contribution in [2.75, 3.05) is 6.61 Å². The van der Waals surface area contributed by atoms with Gasteiger partial charge in [-0.15, -0.1) is 0 Å². The van der Waals surface area contributed by atoms with Gasteiger partial charge in [0.25, 0.3) is 11.1 Å². The number of nitrogens with zero attached hydrogens (tertiary/aromatic N) is 1. The lowest BCUT2D eigenvalue weighted by Gasteiger charge is -2.25. The molecule has 0 aromatic heterocycles. The Kier molecular flexibility index (Phi) is 5.02. The Morgan fingerprint density at radius 2 is 2.04 bits per heavy atom. The van der Waals surface area contributed by atoms with E-state index in [0.29, 0.717) is 11.5 Å². The fraction of sp³-hybridized carbons (Fsp3) is 0.176. The van der Waals surface area contributed by atoms with Crippen molar-refractivity contribution in [1.29, 1.82) is 0 Å². The number of carbonyl (C=O) groups excluding carboxylic acids is 2. The third kappa shape index (κ3) is 4.06. The van der Waals surface area contributed by atoms with Crippen molar-refractivity contribution in [2.45, 2.75) is 12.5 Å². The number of benzene rings is 1. The van der Waals surface area contributed by atoms with Crippen LogP contribution in [0.2, 0.25) is 0 Å². The smallest absolute Gasteiger partial charge is 0.290 e. The molecule has 3 N–H and O–H groups in total. The number of nitrogens with one attached hydrogen (secondary N) is 1. The van der Waals surface area contributed by atoms with Crippen LogP contribution in [-0.2, 0) is 4.79 Å². The third-order valence-electron chi connectivity index (χ3n) is 3.59. The van der Waals surface area contributed by atoms with Gasteiger partial charge >= 0.3 is 0 Å². The number of nitrogens with two attached hydrogens (primary N) is 1. The Morgan fingerprint density at radius 1 is 1.25 bits per heavy atom. The van der Waals surface area contributed by atoms with Crippen LogP contribution in [0.25, 0.3) is 6.08 Å². The molecule has 0 spiro atoms. The van der Waals surface area contributed by atoms with E-state index in [9.17, 15) is 9.59 Å². The zero-order valence-electron chi connectivity index (χ0n) is 12.8. The standard InChI is InChI=1S/C17H17N3O3S/c18-20-9-2-1-3-13(20)8-10-23-14-6-4-12(5-7-14)11-15-16(21)19-17(22)24-15/h1-7,9,11,13H,8,10,18H2,(H,19,21,22)/b15-11+/t13-/m0/s1. The first-order valence-corrected chi connectivity index (χ1v) is 8.29. The van der Waals surface area contributed by atoms with E-state index in [1.807, 2.05) is 48.7 Å². The Labute approximate surface area is 144 Å². The summed E-state index contributed by atoms with van der Waals surface area (Å²) in [6.07, 6.45) is 10.2. The van der Waals surface area contributed by atoms with Crippen LogP contribution in [0.3, 0.4) is 0 Å². The molecule has 1 saturated heterocycles. The monoisotopic (exact) mass is 343 g/mol. The first kappa shape index (κ1) is 16.4. The molecule has 0 bridgehead atoms. The summed E-state index contributed by atoms with van der Waals surface area (Å²) >= 11 is 0.904. The van der Waals surface area contributed by atoms with Gasteiger partial charge in [0.05, 0.1) is 17.6 Å². The Hall–Kier alpha value is -2.51. The van der Waals surface area contributed by atoms with Crippen molar-refractivity contribution < 1.29 is 14.3 Å². The second-order valence-electron chi connectivity index (χ2n) is 5.30. The van der Waals surface area contributed by atoms with Gasteiger partial charge in [-0.2, -0.15) is 0 Å². The molecule has 6 nitrogen and oxygen atoms in total. The predicted octanol–water partition coefficient (Wildman–Crippen LogP) is 2.41. The van der Waals surface area contributed by atoms with Crippen LogP contribution in [0.4, 0.5) is 4.79 Å². The molecule has 7 heteroatoms. The normalized spacial score (nSPS) is 21.5. The molecule has 1 aromatic rings. The Morgan fingerprint density at radius 3 is 2.71 bits per heavy atom. The topological polar surface area (TPSA) is 84.7 Å². The maximum absolute atomic E-state index is 11.5. The van der Waals surface area contributed by atoms with Gasteiger partial charge in [0.15, 0.2) is 0 Å². The van der Waals surface area contributed by atoms with Crippen LogP contribution in [0.5, 0.6) is 5.75 Å². The van der Waals surface area contributed by atoms with Crippen LogP contribution in [0.15, 0.2) is 53.6 Å². The van der Waals surface area contributed by atoms with E-state index in [2.05, 4.69) is 5.32 Å². The molecule has 124 valence electrons. The van der Waals surface area contributed by atoms with Crippen molar-refractivity contribution in [3.05, 3.63) is 59.2 Å². The lowest BCUT2D eigenvalue weighted by molar-refractivity contribution is -0.115. The van der Waals surface area contributed by atoms with Crippen LogP contribution >= 0.6 is 11.8 Å². The highest BCUT2D eigenvalue weighted by Crippen LogP contribution is 2.26. The van der Waals surface area contributed by atoms with E-state index < -0.39 is 0 Å². The second kappa shape index (κ2) is 7.37. The molecule has 2 aliphatic rings. The van der Waals surface area contributed by atoms with E-state index in [-0.39, 0.29) is 17.2 Å². The minimum absolute atomic E-state index is 0.134. The molecule has 2 aliphatic heterocycles. The second-order valence-corrected chi connectivity index (χ2v) is 6.31. The molecule has 1 atom stereocenters. The maximum Gasteiger partial charge on any atom is 0.290 e. The summed E-state index contributed by atoms with van der Waals surface area (Å²) in [5.74, 6) is 6.24. The first-order chi connectivity index (χ1) is 11.6. The number of hydrogen-bond acceptors (Lipinski definition) is 6. The average molecular weight is 343 g/mol. The maximum atomic E-state index is 11.5. The molecule has 0 radical (unpaired) electrons. The number of ether oxygens (including phenoxy) is 1. The fourth-order valence-corrected chi connectivity index (χ4v) is 3.01. The number of hydrogen-bond donors (Lipinski definition) is 2. The summed E-state index contributed by atoms with van der Waals surface area (Å²) in [6.45, 7) is 0.545. The minimum Gasteiger partial charge on any atom is -0.494 e. The van der Waals surface area contributed by atoms with Gasteiger partial charge < -0.3 is 9.75 Å². The summed E-state index contributed by atoms with van der Waals surface area (Å²) < 4.78 is 5.72. The van der Waals surface area contributed by atoms with Crippen LogP contribution < -0.4 is 15.9 Å². The molecular weight excluding hydrogens is 326 g/mol. The molecule has 24 heavy (non-hydrogen) atoms. The molecule has 0 unspecified atom stereocenters. The van der Waals surface area contributed by atoms with E-state index in [1.54, 1.807) is 11.1 Å². The minimum atomic E-state index is -0.355. The van der Waals surface area contributed by atoms with Crippen LogP contribution in [0.1, 0.15) is 12.0 Å². The van der Waals surface area contributed by atoms with Crippen molar-refractivity contribution in [3.8, 4) is 5.75 Å². The highest BCUT2D eigenvalue weighted by atomic mass is 32.2. The lowest BCUT2D eigenvalue weighted by atomic mass is 10.1. The SMILES string of the molecule is NN1C=CC=C[C@H]1CCOc1ccc(/C=C2/SC(=O)NC2=O)cc1. The van der Waals surface area contributed by atoms with Crippen molar-refractivity contribution in [2.24, 2.45) is 5.84 Å². The highest BCUT2D eigenvalue weighted by Gasteiger charge is 2.24. The van der Waals surface area contributed by atoms with Gasteiger partial charge in [-0.3, -0.25) is 14.9 Å². The zero-order chi connectivity index (χ0) is 16.9. The largest absolute Gasteiger partial charge is 0.494 e. The van der Waals surface area contributed by atoms with Gasteiger partial charge in [0.1, 0.15) is 5.75 Å². The van der Waals surface area contributed by atoms with E-state index >= 15 is 0 Å². The summed E-state index contributed by atoms with van der Waals surface area (Å²) in [4.78, 5) is 23.0. The fourth-order valence-electron chi connectivity index (χ4n) is 2.33. The number of allylic oxidation sites excluding steroid dienone is 2. The molecule has 1 aromatic carbocycles. The van der Waals surface area contributed by atoms with Crippen molar-refractivity contribution in [1.82, 2.24) is 10.3 Å². The quantitative estimate of drug-likeness (QED) is 0.631. The van der Waals surface area contributed by atoms with Crippen LogP contribution in [0, 0.1) is 0 Å². The Bertz CT molecular complexity index is 725. The van der Waals surface area contributed by atoms with E-state index in [0.717, 1.165) is 29.5 Å². The molecule has 2 heterocycles. The van der Waals surface area contributed by atoms with Gasteiger partial charge in [0, 0.05) is 12.6 Å². The first-order valence-electron chi connectivity index (χ1n) is 7.47. The van der Waals surface area contributed by atoms with E-state index in [1.165, 1.54) is 0 Å². The molecular formula is C17H17N3O3S. The molecule has 0 aliphatic carbocycles. The average Bonchev–Trinajstić information content (AvgIpc) is 2.88. The van der Waals surface area contributed by atoms with Gasteiger partial charge in [-0.25, -0.2) is 5.84 Å². The number of imide groups is 1. The summed E-state index contributed by atoms with van der Waals surface area (Å²) in [5.41, 5.74) is 0.836. The predicted molar refractivity (Wildman–Crippen MR) is 93.8 cm³/mol. The number of carbonyl (C=O) groups is 2. The number of amides is 2. The number of hydrazine groups is 1.